The maximum absolute atomic E-state index is 5.79. The minimum Gasteiger partial charge on any atom is -0.384 e. The maximum Gasteiger partial charge on any atom is 0.126 e. The Morgan fingerprint density at radius 1 is 1.55 bits per heavy atom. The van der Waals surface area contributed by atoms with Crippen LogP contribution < -0.4 is 5.73 Å². The third kappa shape index (κ3) is 1.37. The van der Waals surface area contributed by atoms with Crippen molar-refractivity contribution < 1.29 is 0 Å². The van der Waals surface area contributed by atoms with Gasteiger partial charge in [0.1, 0.15) is 11.6 Å². The van der Waals surface area contributed by atoms with E-state index in [-0.39, 0.29) is 0 Å². The molecule has 1 aromatic rings. The zero-order valence-electron chi connectivity index (χ0n) is 7.39. The van der Waals surface area contributed by atoms with Crippen molar-refractivity contribution in [2.24, 2.45) is 7.05 Å². The molecular weight excluding hydrogens is 138 g/mol. The van der Waals surface area contributed by atoms with Crippen LogP contribution in [0, 0.1) is 6.92 Å². The van der Waals surface area contributed by atoms with Gasteiger partial charge in [-0.05, 0) is 13.3 Å². The van der Waals surface area contributed by atoms with Gasteiger partial charge in [0, 0.05) is 7.05 Å². The first-order chi connectivity index (χ1) is 5.16. The third-order valence-corrected chi connectivity index (χ3v) is 1.93. The highest BCUT2D eigenvalue weighted by molar-refractivity contribution is 5.37. The lowest BCUT2D eigenvalue weighted by Gasteiger charge is -1.97. The predicted octanol–water partition coefficient (Wildman–Crippen LogP) is 1.26. The van der Waals surface area contributed by atoms with E-state index in [4.69, 9.17) is 5.73 Å². The van der Waals surface area contributed by atoms with Gasteiger partial charge in [0.05, 0.1) is 5.69 Å². The standard InChI is InChI=1S/C8H15N3/c1-4-5-7-8(9)11(3)6(2)10-7/h4-5,9H2,1-3H3. The number of nitrogen functional groups attached to an aromatic ring is 1. The highest BCUT2D eigenvalue weighted by atomic mass is 15.1. The number of nitrogens with zero attached hydrogens (tertiary/aromatic N) is 2. The first-order valence-corrected chi connectivity index (χ1v) is 3.94. The molecule has 0 radical (unpaired) electrons. The lowest BCUT2D eigenvalue weighted by Crippen LogP contribution is -1.99. The topological polar surface area (TPSA) is 43.8 Å². The Balaban J connectivity index is 2.98. The van der Waals surface area contributed by atoms with Crippen LogP contribution in [0.3, 0.4) is 0 Å². The van der Waals surface area contributed by atoms with E-state index in [1.165, 1.54) is 0 Å². The molecule has 0 unspecified atom stereocenters. The number of hydrogen-bond acceptors (Lipinski definition) is 2. The molecule has 0 fully saturated rings. The van der Waals surface area contributed by atoms with Crippen molar-refractivity contribution in [3.05, 3.63) is 11.5 Å². The van der Waals surface area contributed by atoms with E-state index >= 15 is 0 Å². The predicted molar refractivity (Wildman–Crippen MR) is 46.4 cm³/mol. The fourth-order valence-corrected chi connectivity index (χ4v) is 1.12. The van der Waals surface area contributed by atoms with Gasteiger partial charge in [-0.25, -0.2) is 4.98 Å². The number of anilines is 1. The highest BCUT2D eigenvalue weighted by Gasteiger charge is 2.06. The summed E-state index contributed by atoms with van der Waals surface area (Å²) in [5.74, 6) is 1.80. The van der Waals surface area contributed by atoms with E-state index in [2.05, 4.69) is 11.9 Å². The Morgan fingerprint density at radius 2 is 2.18 bits per heavy atom. The van der Waals surface area contributed by atoms with E-state index < -0.39 is 0 Å². The van der Waals surface area contributed by atoms with E-state index in [0.717, 1.165) is 30.2 Å². The summed E-state index contributed by atoms with van der Waals surface area (Å²) in [4.78, 5) is 4.34. The normalized spacial score (nSPS) is 10.5. The van der Waals surface area contributed by atoms with Gasteiger partial charge in [0.15, 0.2) is 0 Å². The summed E-state index contributed by atoms with van der Waals surface area (Å²) < 4.78 is 1.92. The van der Waals surface area contributed by atoms with Crippen molar-refractivity contribution in [3.63, 3.8) is 0 Å². The van der Waals surface area contributed by atoms with Crippen molar-refractivity contribution in [3.8, 4) is 0 Å². The van der Waals surface area contributed by atoms with Crippen molar-refractivity contribution in [1.29, 1.82) is 0 Å². The molecule has 62 valence electrons. The Hall–Kier alpha value is -0.990. The molecule has 0 aliphatic carbocycles. The van der Waals surface area contributed by atoms with Crippen LogP contribution in [-0.2, 0) is 13.5 Å². The fourth-order valence-electron chi connectivity index (χ4n) is 1.12. The molecule has 0 aliphatic rings. The van der Waals surface area contributed by atoms with Crippen LogP contribution in [0.25, 0.3) is 0 Å². The fraction of sp³-hybridized carbons (Fsp3) is 0.625. The van der Waals surface area contributed by atoms with Crippen LogP contribution in [0.15, 0.2) is 0 Å². The average molecular weight is 153 g/mol. The number of aryl methyl sites for hydroxylation is 2. The average Bonchev–Trinajstić information content (AvgIpc) is 2.19. The van der Waals surface area contributed by atoms with Crippen LogP contribution in [-0.4, -0.2) is 9.55 Å². The summed E-state index contributed by atoms with van der Waals surface area (Å²) in [6, 6.07) is 0. The van der Waals surface area contributed by atoms with Gasteiger partial charge in [-0.2, -0.15) is 0 Å². The zero-order valence-corrected chi connectivity index (χ0v) is 7.39. The second kappa shape index (κ2) is 2.95. The van der Waals surface area contributed by atoms with Crippen LogP contribution in [0.1, 0.15) is 24.9 Å². The van der Waals surface area contributed by atoms with Crippen LogP contribution in [0.4, 0.5) is 5.82 Å². The first-order valence-electron chi connectivity index (χ1n) is 3.94. The molecule has 3 heteroatoms. The molecule has 0 bridgehead atoms. The number of rotatable bonds is 2. The number of imidazole rings is 1. The number of nitrogens with two attached hydrogens (primary N) is 1. The molecule has 0 saturated carbocycles. The van der Waals surface area contributed by atoms with E-state index in [1.54, 1.807) is 0 Å². The van der Waals surface area contributed by atoms with Crippen LogP contribution in [0.5, 0.6) is 0 Å². The van der Waals surface area contributed by atoms with Gasteiger partial charge < -0.3 is 10.3 Å². The van der Waals surface area contributed by atoms with Crippen molar-refractivity contribution in [2.45, 2.75) is 26.7 Å². The van der Waals surface area contributed by atoms with Gasteiger partial charge in [-0.1, -0.05) is 13.3 Å². The highest BCUT2D eigenvalue weighted by Crippen LogP contribution is 2.13. The van der Waals surface area contributed by atoms with Gasteiger partial charge in [-0.15, -0.1) is 0 Å². The summed E-state index contributed by atoms with van der Waals surface area (Å²) in [7, 11) is 1.94. The molecule has 3 nitrogen and oxygen atoms in total. The van der Waals surface area contributed by atoms with E-state index in [1.807, 2.05) is 18.5 Å². The smallest absolute Gasteiger partial charge is 0.126 e. The van der Waals surface area contributed by atoms with Crippen LogP contribution in [0.2, 0.25) is 0 Å². The van der Waals surface area contributed by atoms with Crippen molar-refractivity contribution in [1.82, 2.24) is 9.55 Å². The SMILES string of the molecule is CCCc1nc(C)n(C)c1N. The minimum atomic E-state index is 0.810. The Labute approximate surface area is 67.2 Å². The van der Waals surface area contributed by atoms with Gasteiger partial charge in [0.25, 0.3) is 0 Å². The second-order valence-electron chi connectivity index (χ2n) is 2.80. The Morgan fingerprint density at radius 3 is 2.55 bits per heavy atom. The maximum atomic E-state index is 5.79. The Bertz CT molecular complexity index is 250. The molecule has 0 atom stereocenters. The molecule has 1 aromatic heterocycles. The van der Waals surface area contributed by atoms with E-state index in [0.29, 0.717) is 0 Å². The zero-order chi connectivity index (χ0) is 8.43. The monoisotopic (exact) mass is 153 g/mol. The van der Waals surface area contributed by atoms with Crippen LogP contribution >= 0.6 is 0 Å². The summed E-state index contributed by atoms with van der Waals surface area (Å²) in [6.45, 7) is 4.10. The number of aromatic nitrogens is 2. The molecule has 1 heterocycles. The molecule has 11 heavy (non-hydrogen) atoms. The number of hydrogen-bond donors (Lipinski definition) is 1. The van der Waals surface area contributed by atoms with E-state index in [9.17, 15) is 0 Å². The minimum absolute atomic E-state index is 0.810. The summed E-state index contributed by atoms with van der Waals surface area (Å²) in [6.07, 6.45) is 2.08. The second-order valence-corrected chi connectivity index (χ2v) is 2.80. The summed E-state index contributed by atoms with van der Waals surface area (Å²) in [5, 5.41) is 0. The summed E-state index contributed by atoms with van der Waals surface area (Å²) in [5.41, 5.74) is 6.82. The summed E-state index contributed by atoms with van der Waals surface area (Å²) >= 11 is 0. The molecular formula is C8H15N3. The van der Waals surface area contributed by atoms with Gasteiger partial charge in [-0.3, -0.25) is 0 Å². The quantitative estimate of drug-likeness (QED) is 0.695. The third-order valence-electron chi connectivity index (χ3n) is 1.93. The van der Waals surface area contributed by atoms with Crippen molar-refractivity contribution >= 4 is 5.82 Å². The van der Waals surface area contributed by atoms with Gasteiger partial charge in [0.2, 0.25) is 0 Å². The van der Waals surface area contributed by atoms with Crippen molar-refractivity contribution in [2.75, 3.05) is 5.73 Å². The van der Waals surface area contributed by atoms with Gasteiger partial charge >= 0.3 is 0 Å². The first kappa shape index (κ1) is 8.11. The largest absolute Gasteiger partial charge is 0.384 e. The molecule has 0 aromatic carbocycles. The molecule has 0 spiro atoms. The lowest BCUT2D eigenvalue weighted by molar-refractivity contribution is 0.867. The molecule has 0 saturated heterocycles. The lowest BCUT2D eigenvalue weighted by atomic mass is 10.2. The Kier molecular flexibility index (Phi) is 2.17. The molecule has 1 rings (SSSR count). The molecule has 0 amide bonds. The molecule has 2 N–H and O–H groups in total. The molecule has 0 aliphatic heterocycles.